The van der Waals surface area contributed by atoms with E-state index < -0.39 is 11.4 Å². The highest BCUT2D eigenvalue weighted by molar-refractivity contribution is 5.84. The Morgan fingerprint density at radius 1 is 1.19 bits per heavy atom. The first-order chi connectivity index (χ1) is 9.86. The van der Waals surface area contributed by atoms with Crippen LogP contribution in [0.3, 0.4) is 0 Å². The van der Waals surface area contributed by atoms with Crippen molar-refractivity contribution in [2.24, 2.45) is 5.41 Å². The molecule has 1 aromatic rings. The molecule has 5 heteroatoms. The lowest BCUT2D eigenvalue weighted by Gasteiger charge is -2.28. The van der Waals surface area contributed by atoms with E-state index in [0.29, 0.717) is 18.4 Å². The van der Waals surface area contributed by atoms with E-state index in [4.69, 9.17) is 0 Å². The molecule has 0 aliphatic carbocycles. The van der Waals surface area contributed by atoms with Crippen molar-refractivity contribution < 1.29 is 19.8 Å². The van der Waals surface area contributed by atoms with E-state index in [2.05, 4.69) is 0 Å². The maximum absolute atomic E-state index is 12.3. The average Bonchev–Trinajstić information content (AvgIpc) is 2.46. The summed E-state index contributed by atoms with van der Waals surface area (Å²) < 4.78 is 0. The fourth-order valence-corrected chi connectivity index (χ4v) is 2.29. The van der Waals surface area contributed by atoms with Crippen molar-refractivity contribution >= 4 is 11.9 Å². The topological polar surface area (TPSA) is 77.8 Å². The summed E-state index contributed by atoms with van der Waals surface area (Å²) in [7, 11) is 1.62. The number of benzene rings is 1. The van der Waals surface area contributed by atoms with E-state index >= 15 is 0 Å². The van der Waals surface area contributed by atoms with Gasteiger partial charge in [0, 0.05) is 25.6 Å². The maximum atomic E-state index is 12.3. The molecule has 0 saturated carbocycles. The normalized spacial score (nSPS) is 11.2. The van der Waals surface area contributed by atoms with Gasteiger partial charge in [0.15, 0.2) is 0 Å². The molecule has 0 radical (unpaired) electrons. The fourth-order valence-electron chi connectivity index (χ4n) is 2.29. The van der Waals surface area contributed by atoms with Crippen molar-refractivity contribution in [2.45, 2.75) is 39.7 Å². The van der Waals surface area contributed by atoms with E-state index in [1.807, 2.05) is 0 Å². The molecule has 0 bridgehead atoms. The Kier molecular flexibility index (Phi) is 5.76. The van der Waals surface area contributed by atoms with Gasteiger partial charge in [-0.15, -0.1) is 0 Å². The summed E-state index contributed by atoms with van der Waals surface area (Å²) in [4.78, 5) is 25.2. The van der Waals surface area contributed by atoms with Crippen molar-refractivity contribution in [2.75, 3.05) is 7.05 Å². The van der Waals surface area contributed by atoms with Crippen LogP contribution in [0.4, 0.5) is 0 Å². The van der Waals surface area contributed by atoms with Crippen LogP contribution in [0.15, 0.2) is 24.3 Å². The predicted molar refractivity (Wildman–Crippen MR) is 79.8 cm³/mol. The van der Waals surface area contributed by atoms with Gasteiger partial charge in [-0.1, -0.05) is 32.0 Å². The monoisotopic (exact) mass is 293 g/mol. The number of phenolic OH excluding ortho intramolecular Hbond substituents is 1. The molecule has 2 N–H and O–H groups in total. The summed E-state index contributed by atoms with van der Waals surface area (Å²) in [5, 5.41) is 19.1. The third-order valence-corrected chi connectivity index (χ3v) is 4.12. The Bertz CT molecular complexity index is 509. The number of carboxylic acids is 1. The van der Waals surface area contributed by atoms with Gasteiger partial charge in [0.2, 0.25) is 5.91 Å². The highest BCUT2D eigenvalue weighted by Gasteiger charge is 2.37. The number of aliphatic carboxylic acids is 1. The maximum Gasteiger partial charge on any atom is 0.310 e. The first-order valence-electron chi connectivity index (χ1n) is 7.10. The van der Waals surface area contributed by atoms with Gasteiger partial charge in [0.05, 0.1) is 5.41 Å². The Morgan fingerprint density at radius 2 is 1.76 bits per heavy atom. The molecule has 0 saturated heterocycles. The molecule has 0 fully saturated rings. The molecule has 0 atom stereocenters. The lowest BCUT2D eigenvalue weighted by Crippen LogP contribution is -2.37. The van der Waals surface area contributed by atoms with Crippen LogP contribution in [0.25, 0.3) is 0 Å². The summed E-state index contributed by atoms with van der Waals surface area (Å²) in [6, 6.07) is 6.80. The first kappa shape index (κ1) is 17.0. The number of carbonyl (C=O) groups is 2. The van der Waals surface area contributed by atoms with Gasteiger partial charge in [0.25, 0.3) is 0 Å². The number of carbonyl (C=O) groups excluding carboxylic acids is 1. The molecule has 5 nitrogen and oxygen atoms in total. The lowest BCUT2D eigenvalue weighted by molar-refractivity contribution is -0.154. The molecule has 0 heterocycles. The number of aromatic hydroxyl groups is 1. The van der Waals surface area contributed by atoms with E-state index in [1.54, 1.807) is 45.2 Å². The second-order valence-corrected chi connectivity index (χ2v) is 5.35. The van der Waals surface area contributed by atoms with Crippen molar-refractivity contribution in [3.05, 3.63) is 29.8 Å². The van der Waals surface area contributed by atoms with Crippen molar-refractivity contribution in [1.82, 2.24) is 4.90 Å². The molecule has 1 aromatic carbocycles. The molecule has 0 aromatic heterocycles. The zero-order valence-corrected chi connectivity index (χ0v) is 12.8. The number of hydrogen-bond donors (Lipinski definition) is 2. The number of amides is 1. The zero-order valence-electron chi connectivity index (χ0n) is 12.8. The summed E-state index contributed by atoms with van der Waals surface area (Å²) in [6.07, 6.45) is 0.795. The molecule has 0 aliphatic heterocycles. The lowest BCUT2D eigenvalue weighted by atomic mass is 9.79. The Morgan fingerprint density at radius 3 is 2.24 bits per heavy atom. The predicted octanol–water partition coefficient (Wildman–Crippen LogP) is 2.63. The second kappa shape index (κ2) is 7.11. The summed E-state index contributed by atoms with van der Waals surface area (Å²) >= 11 is 0. The Hall–Kier alpha value is -2.04. The fraction of sp³-hybridized carbons (Fsp3) is 0.500. The van der Waals surface area contributed by atoms with Crippen LogP contribution < -0.4 is 0 Å². The van der Waals surface area contributed by atoms with Crippen molar-refractivity contribution in [1.29, 1.82) is 0 Å². The molecule has 21 heavy (non-hydrogen) atoms. The van der Waals surface area contributed by atoms with Gasteiger partial charge < -0.3 is 15.1 Å². The number of hydrogen-bond acceptors (Lipinski definition) is 3. The van der Waals surface area contributed by atoms with Crippen LogP contribution in [0.1, 0.15) is 38.7 Å². The minimum atomic E-state index is -1.01. The van der Waals surface area contributed by atoms with E-state index in [9.17, 15) is 19.8 Å². The molecular formula is C16H23NO4. The third-order valence-electron chi connectivity index (χ3n) is 4.12. The van der Waals surface area contributed by atoms with Crippen molar-refractivity contribution in [3.8, 4) is 5.75 Å². The van der Waals surface area contributed by atoms with E-state index in [0.717, 1.165) is 0 Å². The average molecular weight is 293 g/mol. The number of para-hydroxylation sites is 1. The smallest absolute Gasteiger partial charge is 0.310 e. The zero-order chi connectivity index (χ0) is 16.0. The largest absolute Gasteiger partial charge is 0.508 e. The standard InChI is InChI=1S/C16H23NO4/c1-4-16(5-2,15(20)21)10-14(19)17(3)11-12-8-6-7-9-13(12)18/h6-9,18H,4-5,10-11H2,1-3H3,(H,20,21). The van der Waals surface area contributed by atoms with Crippen LogP contribution in [-0.4, -0.2) is 34.0 Å². The summed E-state index contributed by atoms with van der Waals surface area (Å²) in [5.74, 6) is -1.03. The number of nitrogens with zero attached hydrogens (tertiary/aromatic N) is 1. The minimum absolute atomic E-state index is 0.0283. The first-order valence-corrected chi connectivity index (χ1v) is 7.10. The van der Waals surface area contributed by atoms with Gasteiger partial charge in [-0.3, -0.25) is 9.59 Å². The highest BCUT2D eigenvalue weighted by atomic mass is 16.4. The molecule has 116 valence electrons. The highest BCUT2D eigenvalue weighted by Crippen LogP contribution is 2.32. The van der Waals surface area contributed by atoms with Crippen LogP contribution in [0.2, 0.25) is 0 Å². The number of phenols is 1. The van der Waals surface area contributed by atoms with E-state index in [-0.39, 0.29) is 24.6 Å². The summed E-state index contributed by atoms with van der Waals surface area (Å²) in [5.41, 5.74) is -0.369. The molecule has 0 unspecified atom stereocenters. The SMILES string of the molecule is CCC(CC)(CC(=O)N(C)Cc1ccccc1O)C(=O)O. The van der Waals surface area contributed by atoms with Crippen LogP contribution in [-0.2, 0) is 16.1 Å². The Balaban J connectivity index is 2.79. The Labute approximate surface area is 125 Å². The number of rotatable bonds is 7. The van der Waals surface area contributed by atoms with Gasteiger partial charge in [0.1, 0.15) is 5.75 Å². The second-order valence-electron chi connectivity index (χ2n) is 5.35. The molecular weight excluding hydrogens is 270 g/mol. The molecule has 0 spiro atoms. The number of carboxylic acid groups (broad SMARTS) is 1. The minimum Gasteiger partial charge on any atom is -0.508 e. The van der Waals surface area contributed by atoms with E-state index in [1.165, 1.54) is 4.90 Å². The van der Waals surface area contributed by atoms with Crippen LogP contribution in [0.5, 0.6) is 5.75 Å². The van der Waals surface area contributed by atoms with Crippen LogP contribution >= 0.6 is 0 Å². The van der Waals surface area contributed by atoms with Gasteiger partial charge in [-0.2, -0.15) is 0 Å². The third kappa shape index (κ3) is 3.97. The molecule has 0 aliphatic rings. The van der Waals surface area contributed by atoms with Crippen LogP contribution in [0, 0.1) is 5.41 Å². The van der Waals surface area contributed by atoms with Gasteiger partial charge in [-0.05, 0) is 18.9 Å². The molecule has 1 rings (SSSR count). The summed E-state index contributed by atoms with van der Waals surface area (Å²) in [6.45, 7) is 3.83. The van der Waals surface area contributed by atoms with Gasteiger partial charge >= 0.3 is 5.97 Å². The van der Waals surface area contributed by atoms with Gasteiger partial charge in [-0.25, -0.2) is 0 Å². The quantitative estimate of drug-likeness (QED) is 0.810. The van der Waals surface area contributed by atoms with Crippen molar-refractivity contribution in [3.63, 3.8) is 0 Å². The molecule has 1 amide bonds.